The van der Waals surface area contributed by atoms with Crippen LogP contribution in [0.3, 0.4) is 0 Å². The van der Waals surface area contributed by atoms with Gasteiger partial charge in [0.2, 0.25) is 10.0 Å². The quantitative estimate of drug-likeness (QED) is 0.601. The molecule has 32 heavy (non-hydrogen) atoms. The maximum absolute atomic E-state index is 14.1. The van der Waals surface area contributed by atoms with E-state index in [1.165, 1.54) is 22.5 Å². The van der Waals surface area contributed by atoms with Gasteiger partial charge in [0, 0.05) is 44.8 Å². The van der Waals surface area contributed by atoms with Crippen LogP contribution in [0.15, 0.2) is 35.2 Å². The molecule has 8 nitrogen and oxygen atoms in total. The van der Waals surface area contributed by atoms with E-state index in [0.717, 1.165) is 35.7 Å². The van der Waals surface area contributed by atoms with Crippen LogP contribution in [0.25, 0.3) is 11.0 Å². The summed E-state index contributed by atoms with van der Waals surface area (Å²) in [6.45, 7) is 2.54. The van der Waals surface area contributed by atoms with Gasteiger partial charge in [-0.05, 0) is 38.0 Å². The number of piperazine rings is 1. The smallest absolute Gasteiger partial charge is 0.254 e. The number of benzene rings is 1. The van der Waals surface area contributed by atoms with Gasteiger partial charge in [0.15, 0.2) is 5.65 Å². The Hall–Kier alpha value is -2.85. The Morgan fingerprint density at radius 3 is 2.47 bits per heavy atom. The molecule has 3 heterocycles. The minimum absolute atomic E-state index is 0.109. The Labute approximate surface area is 185 Å². The van der Waals surface area contributed by atoms with Gasteiger partial charge in [0.05, 0.1) is 16.6 Å². The van der Waals surface area contributed by atoms with Gasteiger partial charge in [-0.15, -0.1) is 0 Å². The van der Waals surface area contributed by atoms with Crippen molar-refractivity contribution in [1.82, 2.24) is 24.0 Å². The molecule has 5 rings (SSSR count). The van der Waals surface area contributed by atoms with Gasteiger partial charge in [-0.3, -0.25) is 9.48 Å². The van der Waals surface area contributed by atoms with Crippen LogP contribution in [-0.4, -0.2) is 64.5 Å². The molecule has 1 aliphatic heterocycles. The van der Waals surface area contributed by atoms with Crippen LogP contribution in [0.4, 0.5) is 4.39 Å². The molecule has 10 heteroatoms. The summed E-state index contributed by atoms with van der Waals surface area (Å²) < 4.78 is 42.8. The van der Waals surface area contributed by atoms with Gasteiger partial charge < -0.3 is 4.90 Å². The molecule has 1 aromatic carbocycles. The molecule has 0 radical (unpaired) electrons. The van der Waals surface area contributed by atoms with E-state index in [-0.39, 0.29) is 37.0 Å². The summed E-state index contributed by atoms with van der Waals surface area (Å²) in [5.74, 6) is -0.549. The van der Waals surface area contributed by atoms with E-state index >= 15 is 0 Å². The summed E-state index contributed by atoms with van der Waals surface area (Å²) in [5, 5.41) is 5.18. The Kier molecular flexibility index (Phi) is 5.01. The molecule has 3 aromatic rings. The number of carbonyl (C=O) groups excluding carboxylic acids is 1. The molecule has 1 amide bonds. The molecule has 2 aliphatic rings. The standard InChI is InChI=1S/C22H24FN5O3S/c1-14-20-16(13-18(15-7-8-15)24-21(20)26(2)25-14)22(29)27-9-11-28(12-10-27)32(30,31)19-6-4-3-5-17(19)23/h3-6,13,15H,7-12H2,1-2H3. The van der Waals surface area contributed by atoms with E-state index in [2.05, 4.69) is 5.10 Å². The van der Waals surface area contributed by atoms with Gasteiger partial charge in [0.1, 0.15) is 10.7 Å². The van der Waals surface area contributed by atoms with E-state index in [1.807, 2.05) is 20.0 Å². The molecule has 1 saturated carbocycles. The second-order valence-electron chi connectivity index (χ2n) is 8.40. The minimum Gasteiger partial charge on any atom is -0.336 e. The predicted molar refractivity (Wildman–Crippen MR) is 116 cm³/mol. The molecule has 0 atom stereocenters. The molecule has 168 valence electrons. The van der Waals surface area contributed by atoms with Crippen molar-refractivity contribution < 1.29 is 17.6 Å². The zero-order valence-electron chi connectivity index (χ0n) is 18.0. The summed E-state index contributed by atoms with van der Waals surface area (Å²) in [5.41, 5.74) is 2.90. The highest BCUT2D eigenvalue weighted by molar-refractivity contribution is 7.89. The first-order valence-corrected chi connectivity index (χ1v) is 12.1. The van der Waals surface area contributed by atoms with E-state index in [0.29, 0.717) is 17.1 Å². The maximum atomic E-state index is 14.1. The van der Waals surface area contributed by atoms with Gasteiger partial charge in [0.25, 0.3) is 5.91 Å². The molecular weight excluding hydrogens is 433 g/mol. The minimum atomic E-state index is -3.96. The second-order valence-corrected chi connectivity index (χ2v) is 10.3. The number of fused-ring (bicyclic) bond motifs is 1. The lowest BCUT2D eigenvalue weighted by Gasteiger charge is -2.34. The van der Waals surface area contributed by atoms with Crippen LogP contribution in [0, 0.1) is 12.7 Å². The number of aromatic nitrogens is 3. The van der Waals surface area contributed by atoms with Crippen LogP contribution >= 0.6 is 0 Å². The zero-order chi connectivity index (χ0) is 22.6. The average Bonchev–Trinajstić information content (AvgIpc) is 3.59. The Morgan fingerprint density at radius 1 is 1.12 bits per heavy atom. The lowest BCUT2D eigenvalue weighted by atomic mass is 10.1. The second kappa shape index (κ2) is 7.63. The number of rotatable bonds is 4. The molecule has 0 N–H and O–H groups in total. The van der Waals surface area contributed by atoms with Gasteiger partial charge >= 0.3 is 0 Å². The zero-order valence-corrected chi connectivity index (χ0v) is 18.8. The molecule has 2 fully saturated rings. The van der Waals surface area contributed by atoms with Gasteiger partial charge in [-0.1, -0.05) is 12.1 Å². The molecule has 1 saturated heterocycles. The molecule has 0 unspecified atom stereocenters. The van der Waals surface area contributed by atoms with Crippen LogP contribution in [0.2, 0.25) is 0 Å². The summed E-state index contributed by atoms with van der Waals surface area (Å²) in [6, 6.07) is 7.23. The molecule has 0 spiro atoms. The highest BCUT2D eigenvalue weighted by Crippen LogP contribution is 2.40. The lowest BCUT2D eigenvalue weighted by molar-refractivity contribution is 0.0699. The first-order chi connectivity index (χ1) is 15.3. The van der Waals surface area contributed by atoms with Crippen LogP contribution in [-0.2, 0) is 17.1 Å². The highest BCUT2D eigenvalue weighted by atomic mass is 32.2. The average molecular weight is 458 g/mol. The van der Waals surface area contributed by atoms with Crippen molar-refractivity contribution in [1.29, 1.82) is 0 Å². The predicted octanol–water partition coefficient (Wildman–Crippen LogP) is 2.44. The summed E-state index contributed by atoms with van der Waals surface area (Å²) in [6.07, 6.45) is 2.13. The van der Waals surface area contributed by atoms with Crippen molar-refractivity contribution >= 4 is 27.0 Å². The van der Waals surface area contributed by atoms with E-state index < -0.39 is 15.8 Å². The lowest BCUT2D eigenvalue weighted by Crippen LogP contribution is -2.50. The van der Waals surface area contributed by atoms with Gasteiger partial charge in [-0.25, -0.2) is 17.8 Å². The number of carbonyl (C=O) groups is 1. The number of sulfonamides is 1. The summed E-state index contributed by atoms with van der Waals surface area (Å²) in [4.78, 5) is 19.5. The number of aryl methyl sites for hydroxylation is 2. The number of hydrogen-bond donors (Lipinski definition) is 0. The van der Waals surface area contributed by atoms with Crippen molar-refractivity contribution in [3.63, 3.8) is 0 Å². The molecule has 0 bridgehead atoms. The normalized spacial score (nSPS) is 17.8. The highest BCUT2D eigenvalue weighted by Gasteiger charge is 2.34. The number of pyridine rings is 1. The number of hydrogen-bond acceptors (Lipinski definition) is 5. The fourth-order valence-electron chi connectivity index (χ4n) is 4.32. The number of halogens is 1. The molecule has 1 aliphatic carbocycles. The Morgan fingerprint density at radius 2 is 1.81 bits per heavy atom. The van der Waals surface area contributed by atoms with Crippen molar-refractivity contribution in [3.05, 3.63) is 53.1 Å². The van der Waals surface area contributed by atoms with Crippen LogP contribution in [0.1, 0.15) is 40.5 Å². The number of nitrogens with zero attached hydrogens (tertiary/aromatic N) is 5. The summed E-state index contributed by atoms with van der Waals surface area (Å²) in [7, 11) is -2.14. The van der Waals surface area contributed by atoms with Crippen molar-refractivity contribution in [2.24, 2.45) is 7.05 Å². The van der Waals surface area contributed by atoms with E-state index in [9.17, 15) is 17.6 Å². The van der Waals surface area contributed by atoms with Crippen molar-refractivity contribution in [2.45, 2.75) is 30.6 Å². The van der Waals surface area contributed by atoms with Crippen LogP contribution < -0.4 is 0 Å². The van der Waals surface area contributed by atoms with Crippen LogP contribution in [0.5, 0.6) is 0 Å². The first kappa shape index (κ1) is 21.0. The summed E-state index contributed by atoms with van der Waals surface area (Å²) >= 11 is 0. The molecular formula is C22H24FN5O3S. The van der Waals surface area contributed by atoms with Crippen molar-refractivity contribution in [2.75, 3.05) is 26.2 Å². The monoisotopic (exact) mass is 457 g/mol. The fraction of sp³-hybridized carbons (Fsp3) is 0.409. The Bertz CT molecular complexity index is 1320. The van der Waals surface area contributed by atoms with E-state index in [4.69, 9.17) is 4.98 Å². The largest absolute Gasteiger partial charge is 0.336 e. The molecule has 2 aromatic heterocycles. The fourth-order valence-corrected chi connectivity index (χ4v) is 5.80. The SMILES string of the molecule is Cc1nn(C)c2nc(C3CC3)cc(C(=O)N3CCN(S(=O)(=O)c4ccccc4F)CC3)c12. The first-order valence-electron chi connectivity index (χ1n) is 10.7. The number of amides is 1. The third-order valence-electron chi connectivity index (χ3n) is 6.19. The third-order valence-corrected chi connectivity index (χ3v) is 8.13. The Balaban J connectivity index is 1.41. The third kappa shape index (κ3) is 3.47. The van der Waals surface area contributed by atoms with E-state index in [1.54, 1.807) is 9.58 Å². The van der Waals surface area contributed by atoms with Gasteiger partial charge in [-0.2, -0.15) is 9.40 Å². The van der Waals surface area contributed by atoms with Crippen molar-refractivity contribution in [3.8, 4) is 0 Å². The maximum Gasteiger partial charge on any atom is 0.254 e. The topological polar surface area (TPSA) is 88.4 Å².